The minimum Gasteiger partial charge on any atom is -0.381 e. The van der Waals surface area contributed by atoms with Crippen LogP contribution in [0.3, 0.4) is 0 Å². The molecule has 0 spiro atoms. The molecule has 2 atom stereocenters. The van der Waals surface area contributed by atoms with Gasteiger partial charge in [0.25, 0.3) is 0 Å². The van der Waals surface area contributed by atoms with Gasteiger partial charge in [-0.2, -0.15) is 13.2 Å². The number of hydrogen-bond donors (Lipinski definition) is 1. The van der Waals surface area contributed by atoms with Crippen LogP contribution in [0.5, 0.6) is 0 Å². The van der Waals surface area contributed by atoms with Crippen LogP contribution in [-0.4, -0.2) is 54.0 Å². The van der Waals surface area contributed by atoms with E-state index < -0.39 is 24.0 Å². The first-order chi connectivity index (χ1) is 15.9. The number of benzene rings is 2. The number of carbonyl (C=O) groups excluding carboxylic acids is 2. The summed E-state index contributed by atoms with van der Waals surface area (Å²) in [7, 11) is 1.18. The molecule has 0 radical (unpaired) electrons. The lowest BCUT2D eigenvalue weighted by Crippen LogP contribution is -2.56. The summed E-state index contributed by atoms with van der Waals surface area (Å²) in [4.78, 5) is 26.3. The highest BCUT2D eigenvalue weighted by Gasteiger charge is 2.48. The predicted molar refractivity (Wildman–Crippen MR) is 124 cm³/mol. The van der Waals surface area contributed by atoms with Crippen molar-refractivity contribution in [2.75, 3.05) is 25.5 Å². The van der Waals surface area contributed by atoms with Crippen molar-refractivity contribution in [3.63, 3.8) is 0 Å². The van der Waals surface area contributed by atoms with Crippen molar-refractivity contribution >= 4 is 17.5 Å². The zero-order valence-electron chi connectivity index (χ0n) is 19.8. The normalized spacial score (nSPS) is 20.3. The van der Waals surface area contributed by atoms with Gasteiger partial charge in [-0.3, -0.25) is 9.59 Å². The molecule has 1 N–H and O–H groups in total. The van der Waals surface area contributed by atoms with E-state index in [9.17, 15) is 22.8 Å². The van der Waals surface area contributed by atoms with E-state index in [4.69, 9.17) is 0 Å². The number of nitrogens with zero attached hydrogens (tertiary/aromatic N) is 2. The number of amides is 2. The van der Waals surface area contributed by atoms with Gasteiger partial charge in [0.2, 0.25) is 11.8 Å². The maximum atomic E-state index is 14.0. The average molecular weight is 474 g/mol. The summed E-state index contributed by atoms with van der Waals surface area (Å²) < 4.78 is 42.0. The van der Waals surface area contributed by atoms with Crippen LogP contribution < -0.4 is 5.32 Å². The SMILES string of the molecule is CC(=O)N1CC(C(=O)N(C)[C@@H](c2ccc(NC3Cc4ccccc4C3(C)C)cc2)C(F)(F)F)C1. The average Bonchev–Trinajstić information content (AvgIpc) is 2.97. The highest BCUT2D eigenvalue weighted by Crippen LogP contribution is 2.41. The van der Waals surface area contributed by atoms with Crippen molar-refractivity contribution < 1.29 is 22.8 Å². The number of halogens is 3. The van der Waals surface area contributed by atoms with Crippen LogP contribution in [0.4, 0.5) is 18.9 Å². The fraction of sp³-hybridized carbons (Fsp3) is 0.462. The molecule has 0 aromatic heterocycles. The molecule has 0 bridgehead atoms. The third-order valence-corrected chi connectivity index (χ3v) is 7.30. The Kier molecular flexibility index (Phi) is 6.12. The summed E-state index contributed by atoms with van der Waals surface area (Å²) in [6.45, 7) is 6.03. The van der Waals surface area contributed by atoms with Crippen LogP contribution in [0.15, 0.2) is 48.5 Å². The Hall–Kier alpha value is -3.03. The van der Waals surface area contributed by atoms with E-state index in [-0.39, 0.29) is 36.0 Å². The second-order valence-electron chi connectivity index (χ2n) is 9.92. The molecule has 1 heterocycles. The third-order valence-electron chi connectivity index (χ3n) is 7.30. The Morgan fingerprint density at radius 1 is 1.09 bits per heavy atom. The zero-order chi connectivity index (χ0) is 24.8. The first kappa shape index (κ1) is 24.1. The standard InChI is InChI=1S/C26H30F3N3O2/c1-16(33)32-14-19(15-32)24(34)31(4)23(26(27,28)29)17-9-11-20(12-10-17)30-22-13-18-7-5-6-8-21(18)25(22,2)3/h5-12,19,22-23,30H,13-15H2,1-4H3/t22?,23-/m0/s1. The Balaban J connectivity index is 1.48. The van der Waals surface area contributed by atoms with Crippen LogP contribution >= 0.6 is 0 Å². The highest BCUT2D eigenvalue weighted by molar-refractivity contribution is 5.84. The molecule has 2 aliphatic rings. The van der Waals surface area contributed by atoms with Crippen LogP contribution in [0.25, 0.3) is 0 Å². The van der Waals surface area contributed by atoms with Crippen LogP contribution in [0, 0.1) is 5.92 Å². The lowest BCUT2D eigenvalue weighted by molar-refractivity contribution is -0.192. The van der Waals surface area contributed by atoms with Crippen molar-refractivity contribution in [3.8, 4) is 0 Å². The number of hydrogen-bond acceptors (Lipinski definition) is 3. The van der Waals surface area contributed by atoms with Gasteiger partial charge in [0, 0.05) is 44.2 Å². The molecule has 1 fully saturated rings. The molecule has 1 unspecified atom stereocenters. The molecule has 5 nitrogen and oxygen atoms in total. The van der Waals surface area contributed by atoms with Crippen LogP contribution in [0.2, 0.25) is 0 Å². The Morgan fingerprint density at radius 2 is 1.71 bits per heavy atom. The molecular formula is C26H30F3N3O2. The summed E-state index contributed by atoms with van der Waals surface area (Å²) in [6, 6.07) is 12.5. The highest BCUT2D eigenvalue weighted by atomic mass is 19.4. The summed E-state index contributed by atoms with van der Waals surface area (Å²) in [5, 5.41) is 3.49. The van der Waals surface area contributed by atoms with Gasteiger partial charge in [-0.15, -0.1) is 0 Å². The minimum absolute atomic E-state index is 0.00520. The summed E-state index contributed by atoms with van der Waals surface area (Å²) in [5.74, 6) is -1.39. The van der Waals surface area contributed by atoms with E-state index in [2.05, 4.69) is 31.3 Å². The van der Waals surface area contributed by atoms with E-state index in [1.807, 2.05) is 12.1 Å². The minimum atomic E-state index is -4.63. The van der Waals surface area contributed by atoms with Gasteiger partial charge >= 0.3 is 6.18 Å². The number of rotatable bonds is 5. The van der Waals surface area contributed by atoms with Gasteiger partial charge in [-0.25, -0.2) is 0 Å². The monoisotopic (exact) mass is 473 g/mol. The van der Waals surface area contributed by atoms with E-state index in [1.54, 1.807) is 12.1 Å². The summed E-state index contributed by atoms with van der Waals surface area (Å²) in [6.07, 6.45) is -3.79. The lowest BCUT2D eigenvalue weighted by Gasteiger charge is -2.41. The molecule has 182 valence electrons. The Labute approximate surface area is 197 Å². The molecule has 1 aliphatic carbocycles. The Morgan fingerprint density at radius 3 is 2.26 bits per heavy atom. The van der Waals surface area contributed by atoms with Crippen LogP contribution in [-0.2, 0) is 21.4 Å². The van der Waals surface area contributed by atoms with E-state index in [0.29, 0.717) is 0 Å². The zero-order valence-corrected chi connectivity index (χ0v) is 19.8. The molecule has 1 aliphatic heterocycles. The summed E-state index contributed by atoms with van der Waals surface area (Å²) >= 11 is 0. The molecule has 2 aromatic rings. The topological polar surface area (TPSA) is 52.7 Å². The molecule has 4 rings (SSSR count). The van der Waals surface area contributed by atoms with Crippen LogP contribution in [0.1, 0.15) is 43.5 Å². The number of anilines is 1. The molecular weight excluding hydrogens is 443 g/mol. The lowest BCUT2D eigenvalue weighted by atomic mass is 9.83. The number of carbonyl (C=O) groups is 2. The summed E-state index contributed by atoms with van der Waals surface area (Å²) in [5.41, 5.74) is 3.18. The molecule has 34 heavy (non-hydrogen) atoms. The predicted octanol–water partition coefficient (Wildman–Crippen LogP) is 4.54. The number of likely N-dealkylation sites (tertiary alicyclic amines) is 1. The first-order valence-corrected chi connectivity index (χ1v) is 11.4. The number of alkyl halides is 3. The fourth-order valence-electron chi connectivity index (χ4n) is 5.12. The maximum Gasteiger partial charge on any atom is 0.413 e. The maximum absolute atomic E-state index is 14.0. The van der Waals surface area contributed by atoms with Gasteiger partial charge in [0.15, 0.2) is 6.04 Å². The van der Waals surface area contributed by atoms with Crippen molar-refractivity contribution in [2.45, 2.75) is 50.9 Å². The number of nitrogens with one attached hydrogen (secondary N) is 1. The fourth-order valence-corrected chi connectivity index (χ4v) is 5.12. The quantitative estimate of drug-likeness (QED) is 0.694. The molecule has 8 heteroatoms. The van der Waals surface area contributed by atoms with Gasteiger partial charge in [-0.1, -0.05) is 50.2 Å². The van der Waals surface area contributed by atoms with E-state index in [1.165, 1.54) is 42.1 Å². The van der Waals surface area contributed by atoms with Crippen molar-refractivity contribution in [1.29, 1.82) is 0 Å². The molecule has 2 aromatic carbocycles. The number of fused-ring (bicyclic) bond motifs is 1. The van der Waals surface area contributed by atoms with Crippen molar-refractivity contribution in [2.24, 2.45) is 5.92 Å². The van der Waals surface area contributed by atoms with Crippen molar-refractivity contribution in [1.82, 2.24) is 9.80 Å². The third kappa shape index (κ3) is 4.38. The first-order valence-electron chi connectivity index (χ1n) is 11.4. The Bertz CT molecular complexity index is 1080. The van der Waals surface area contributed by atoms with Crippen molar-refractivity contribution in [3.05, 3.63) is 65.2 Å². The smallest absolute Gasteiger partial charge is 0.381 e. The second-order valence-corrected chi connectivity index (χ2v) is 9.92. The van der Waals surface area contributed by atoms with E-state index in [0.717, 1.165) is 17.0 Å². The van der Waals surface area contributed by atoms with E-state index >= 15 is 0 Å². The molecule has 2 amide bonds. The largest absolute Gasteiger partial charge is 0.413 e. The molecule has 0 saturated carbocycles. The van der Waals surface area contributed by atoms with Gasteiger partial charge in [-0.05, 0) is 35.2 Å². The van der Waals surface area contributed by atoms with Gasteiger partial charge in [0.05, 0.1) is 5.92 Å². The second kappa shape index (κ2) is 8.64. The van der Waals surface area contributed by atoms with Gasteiger partial charge < -0.3 is 15.1 Å². The molecule has 1 saturated heterocycles. The van der Waals surface area contributed by atoms with Gasteiger partial charge in [0.1, 0.15) is 0 Å².